The number of aromatic hydroxyl groups is 1. The van der Waals surface area contributed by atoms with E-state index in [2.05, 4.69) is 5.32 Å². The number of methoxy groups -OCH3 is 1. The van der Waals surface area contributed by atoms with E-state index in [9.17, 15) is 9.90 Å². The van der Waals surface area contributed by atoms with Crippen LogP contribution in [0.2, 0.25) is 0 Å². The quantitative estimate of drug-likeness (QED) is 0.755. The molecule has 0 aliphatic rings. The second-order valence-electron chi connectivity index (χ2n) is 4.03. The number of carbonyl (C=O) groups excluding carboxylic acids is 1. The maximum Gasteiger partial charge on any atom is 0.255 e. The molecule has 0 spiro atoms. The number of ether oxygens (including phenoxy) is 2. The van der Waals surface area contributed by atoms with Crippen molar-refractivity contribution in [3.63, 3.8) is 0 Å². The number of phenolic OH excluding ortho intramolecular Hbond substituents is 1. The van der Waals surface area contributed by atoms with Crippen LogP contribution in [0.1, 0.15) is 24.2 Å². The number of nitrogens with one attached hydrogen (secondary N) is 1. The number of benzene rings is 1. The summed E-state index contributed by atoms with van der Waals surface area (Å²) in [5, 5.41) is 12.5. The molecular weight excluding hydrogens is 234 g/mol. The first-order valence-corrected chi connectivity index (χ1v) is 5.82. The number of amides is 1. The smallest absolute Gasteiger partial charge is 0.255 e. The summed E-state index contributed by atoms with van der Waals surface area (Å²) in [5.41, 5.74) is 0.193. The molecular formula is C13H19NO4. The van der Waals surface area contributed by atoms with Gasteiger partial charge >= 0.3 is 0 Å². The fraction of sp³-hybridized carbons (Fsp3) is 0.462. The molecule has 18 heavy (non-hydrogen) atoms. The van der Waals surface area contributed by atoms with Crippen molar-refractivity contribution >= 4 is 5.91 Å². The van der Waals surface area contributed by atoms with E-state index in [1.807, 2.05) is 13.8 Å². The summed E-state index contributed by atoms with van der Waals surface area (Å²) in [7, 11) is 1.44. The predicted molar refractivity (Wildman–Crippen MR) is 68.1 cm³/mol. The van der Waals surface area contributed by atoms with Gasteiger partial charge < -0.3 is 19.9 Å². The van der Waals surface area contributed by atoms with Crippen LogP contribution in [0, 0.1) is 0 Å². The molecule has 1 aromatic rings. The van der Waals surface area contributed by atoms with Gasteiger partial charge in [-0.1, -0.05) is 6.07 Å². The third-order valence-electron chi connectivity index (χ3n) is 2.30. The number of para-hydroxylation sites is 1. The molecule has 0 unspecified atom stereocenters. The molecule has 5 nitrogen and oxygen atoms in total. The van der Waals surface area contributed by atoms with Gasteiger partial charge in [-0.3, -0.25) is 4.79 Å². The van der Waals surface area contributed by atoms with E-state index in [-0.39, 0.29) is 29.1 Å². The van der Waals surface area contributed by atoms with Crippen molar-refractivity contribution in [3.05, 3.63) is 23.8 Å². The van der Waals surface area contributed by atoms with Crippen LogP contribution in [-0.2, 0) is 4.74 Å². The normalized spacial score (nSPS) is 10.4. The summed E-state index contributed by atoms with van der Waals surface area (Å²) in [5.74, 6) is -0.220. The van der Waals surface area contributed by atoms with E-state index in [4.69, 9.17) is 9.47 Å². The monoisotopic (exact) mass is 253 g/mol. The van der Waals surface area contributed by atoms with Gasteiger partial charge in [-0.2, -0.15) is 0 Å². The van der Waals surface area contributed by atoms with Gasteiger partial charge in [0.1, 0.15) is 0 Å². The van der Waals surface area contributed by atoms with Crippen LogP contribution in [0.3, 0.4) is 0 Å². The van der Waals surface area contributed by atoms with Crippen LogP contribution >= 0.6 is 0 Å². The van der Waals surface area contributed by atoms with Crippen molar-refractivity contribution in [1.29, 1.82) is 0 Å². The van der Waals surface area contributed by atoms with E-state index >= 15 is 0 Å². The number of hydrogen-bond donors (Lipinski definition) is 2. The predicted octanol–water partition coefficient (Wildman–Crippen LogP) is 1.56. The Labute approximate surface area is 107 Å². The molecule has 0 heterocycles. The van der Waals surface area contributed by atoms with Crippen molar-refractivity contribution in [2.75, 3.05) is 20.3 Å². The molecule has 0 aliphatic heterocycles. The second kappa shape index (κ2) is 6.86. The zero-order valence-corrected chi connectivity index (χ0v) is 10.9. The zero-order chi connectivity index (χ0) is 13.5. The Bertz CT molecular complexity index is 404. The Balaban J connectivity index is 2.56. The van der Waals surface area contributed by atoms with Crippen molar-refractivity contribution < 1.29 is 19.4 Å². The average Bonchev–Trinajstić information content (AvgIpc) is 2.34. The minimum absolute atomic E-state index is 0.132. The Hall–Kier alpha value is -1.75. The molecule has 0 radical (unpaired) electrons. The Morgan fingerprint density at radius 2 is 2.17 bits per heavy atom. The molecule has 0 bridgehead atoms. The van der Waals surface area contributed by atoms with Gasteiger partial charge in [0.15, 0.2) is 11.5 Å². The minimum atomic E-state index is -0.348. The Kier molecular flexibility index (Phi) is 5.45. The van der Waals surface area contributed by atoms with Gasteiger partial charge in [0, 0.05) is 6.54 Å². The first-order valence-electron chi connectivity index (χ1n) is 5.82. The van der Waals surface area contributed by atoms with Crippen molar-refractivity contribution in [1.82, 2.24) is 5.32 Å². The molecule has 100 valence electrons. The number of rotatable bonds is 6. The lowest BCUT2D eigenvalue weighted by Crippen LogP contribution is -2.28. The molecule has 0 aliphatic carbocycles. The van der Waals surface area contributed by atoms with Crippen LogP contribution in [0.5, 0.6) is 11.5 Å². The third kappa shape index (κ3) is 3.92. The number of hydrogen-bond acceptors (Lipinski definition) is 4. The molecule has 1 amide bonds. The fourth-order valence-electron chi connectivity index (χ4n) is 1.42. The maximum atomic E-state index is 11.8. The van der Waals surface area contributed by atoms with Crippen LogP contribution in [0.15, 0.2) is 18.2 Å². The summed E-state index contributed by atoms with van der Waals surface area (Å²) in [6.07, 6.45) is 0.132. The highest BCUT2D eigenvalue weighted by molar-refractivity contribution is 5.97. The summed E-state index contributed by atoms with van der Waals surface area (Å²) < 4.78 is 10.2. The standard InChI is InChI=1S/C13H19NO4/c1-9(2)18-8-7-14-13(16)10-5-4-6-11(17-3)12(10)15/h4-6,9,15H,7-8H2,1-3H3,(H,14,16). The summed E-state index contributed by atoms with van der Waals surface area (Å²) >= 11 is 0. The van der Waals surface area contributed by atoms with Gasteiger partial charge in [0.2, 0.25) is 0 Å². The molecule has 0 aromatic heterocycles. The molecule has 1 aromatic carbocycles. The molecule has 1 rings (SSSR count). The van der Waals surface area contributed by atoms with E-state index in [0.717, 1.165) is 0 Å². The lowest BCUT2D eigenvalue weighted by Gasteiger charge is -2.10. The second-order valence-corrected chi connectivity index (χ2v) is 4.03. The summed E-state index contributed by atoms with van der Waals surface area (Å²) in [6.45, 7) is 4.69. The van der Waals surface area contributed by atoms with Crippen molar-refractivity contribution in [2.45, 2.75) is 20.0 Å². The largest absolute Gasteiger partial charge is 0.504 e. The van der Waals surface area contributed by atoms with Gasteiger partial charge in [0.25, 0.3) is 5.91 Å². The van der Waals surface area contributed by atoms with Gasteiger partial charge in [-0.15, -0.1) is 0 Å². The van der Waals surface area contributed by atoms with E-state index < -0.39 is 0 Å². The first-order chi connectivity index (χ1) is 8.56. The highest BCUT2D eigenvalue weighted by Crippen LogP contribution is 2.28. The summed E-state index contributed by atoms with van der Waals surface area (Å²) in [4.78, 5) is 11.8. The van der Waals surface area contributed by atoms with Gasteiger partial charge in [0.05, 0.1) is 25.4 Å². The highest BCUT2D eigenvalue weighted by Gasteiger charge is 2.13. The molecule has 2 N–H and O–H groups in total. The fourth-order valence-corrected chi connectivity index (χ4v) is 1.42. The van der Waals surface area contributed by atoms with Crippen LogP contribution < -0.4 is 10.1 Å². The lowest BCUT2D eigenvalue weighted by molar-refractivity contribution is 0.0745. The lowest BCUT2D eigenvalue weighted by atomic mass is 10.1. The highest BCUT2D eigenvalue weighted by atomic mass is 16.5. The Morgan fingerprint density at radius 3 is 2.78 bits per heavy atom. The van der Waals surface area contributed by atoms with Crippen LogP contribution in [-0.4, -0.2) is 37.4 Å². The Morgan fingerprint density at radius 1 is 1.44 bits per heavy atom. The average molecular weight is 253 g/mol. The molecule has 0 atom stereocenters. The minimum Gasteiger partial charge on any atom is -0.504 e. The van der Waals surface area contributed by atoms with Gasteiger partial charge in [-0.05, 0) is 26.0 Å². The molecule has 5 heteroatoms. The topological polar surface area (TPSA) is 67.8 Å². The molecule has 0 saturated carbocycles. The van der Waals surface area contributed by atoms with E-state index in [1.54, 1.807) is 12.1 Å². The van der Waals surface area contributed by atoms with Crippen molar-refractivity contribution in [3.8, 4) is 11.5 Å². The third-order valence-corrected chi connectivity index (χ3v) is 2.30. The molecule has 0 saturated heterocycles. The van der Waals surface area contributed by atoms with E-state index in [0.29, 0.717) is 13.2 Å². The number of phenols is 1. The van der Waals surface area contributed by atoms with E-state index in [1.165, 1.54) is 13.2 Å². The molecule has 0 fully saturated rings. The maximum absolute atomic E-state index is 11.8. The SMILES string of the molecule is COc1cccc(C(=O)NCCOC(C)C)c1O. The number of carbonyl (C=O) groups is 1. The summed E-state index contributed by atoms with van der Waals surface area (Å²) in [6, 6.07) is 4.78. The van der Waals surface area contributed by atoms with Crippen molar-refractivity contribution in [2.24, 2.45) is 0 Å². The van der Waals surface area contributed by atoms with Gasteiger partial charge in [-0.25, -0.2) is 0 Å². The zero-order valence-electron chi connectivity index (χ0n) is 10.9. The van der Waals surface area contributed by atoms with Crippen LogP contribution in [0.4, 0.5) is 0 Å². The first kappa shape index (κ1) is 14.3. The van der Waals surface area contributed by atoms with Crippen LogP contribution in [0.25, 0.3) is 0 Å².